The van der Waals surface area contributed by atoms with Gasteiger partial charge in [0.1, 0.15) is 5.52 Å². The maximum Gasteiger partial charge on any atom is 0.415 e. The van der Waals surface area contributed by atoms with Crippen LogP contribution in [-0.4, -0.2) is 59.1 Å². The molecule has 0 N–H and O–H groups in total. The number of likely N-dealkylation sites (N-methyl/N-ethyl adjacent to an activating group) is 1. The Kier molecular flexibility index (Phi) is 3.94. The molecule has 0 bridgehead atoms. The number of fused-ring (bicyclic) bond motifs is 1. The van der Waals surface area contributed by atoms with Crippen molar-refractivity contribution >= 4 is 17.1 Å². The summed E-state index contributed by atoms with van der Waals surface area (Å²) in [4.78, 5) is 25.2. The molecule has 1 fully saturated rings. The molecule has 0 radical (unpaired) electrons. The largest absolute Gasteiger partial charge is 0.415 e. The maximum atomic E-state index is 12.3. The van der Waals surface area contributed by atoms with E-state index < -0.39 is 0 Å². The number of rotatable bonds is 1. The Balaban J connectivity index is 1.84. The number of carbonyl (C=O) groups is 1. The summed E-state index contributed by atoms with van der Waals surface area (Å²) in [5, 5.41) is 0. The zero-order valence-electron chi connectivity index (χ0n) is 13.2. The minimum absolute atomic E-state index is 0.319. The summed E-state index contributed by atoms with van der Waals surface area (Å²) in [7, 11) is 2.05. The summed E-state index contributed by atoms with van der Waals surface area (Å²) in [5.74, 6) is 0.469. The Bertz CT molecular complexity index is 709. The third-order valence-electron chi connectivity index (χ3n) is 4.03. The summed E-state index contributed by atoms with van der Waals surface area (Å²) >= 11 is 0. The molecule has 1 aromatic heterocycles. The van der Waals surface area contributed by atoms with E-state index in [9.17, 15) is 4.79 Å². The summed E-state index contributed by atoms with van der Waals surface area (Å²) in [5.41, 5.74) is 3.10. The zero-order chi connectivity index (χ0) is 15.7. The smallest absolute Gasteiger partial charge is 0.408 e. The third kappa shape index (κ3) is 2.87. The Hall–Kier alpha value is -2.21. The number of aryl methyl sites for hydroxylation is 2. The molecule has 1 amide bonds. The molecule has 1 aromatic carbocycles. The monoisotopic (exact) mass is 300 g/mol. The fraction of sp³-hybridized carbons (Fsp3) is 0.438. The highest BCUT2D eigenvalue weighted by molar-refractivity contribution is 5.84. The maximum absolute atomic E-state index is 12.3. The zero-order valence-corrected chi connectivity index (χ0v) is 13.2. The topological polar surface area (TPSA) is 58.6 Å². The van der Waals surface area contributed by atoms with Gasteiger partial charge in [0.2, 0.25) is 0 Å². The second-order valence-corrected chi connectivity index (χ2v) is 5.68. The van der Waals surface area contributed by atoms with Crippen LogP contribution in [0.15, 0.2) is 18.2 Å². The van der Waals surface area contributed by atoms with Crippen molar-refractivity contribution < 1.29 is 9.53 Å². The first-order valence-corrected chi connectivity index (χ1v) is 7.44. The van der Waals surface area contributed by atoms with Gasteiger partial charge in [-0.1, -0.05) is 6.07 Å². The molecular weight excluding hydrogens is 280 g/mol. The van der Waals surface area contributed by atoms with Crippen LogP contribution in [0.3, 0.4) is 0 Å². The Labute approximate surface area is 129 Å². The van der Waals surface area contributed by atoms with Gasteiger partial charge in [0.25, 0.3) is 0 Å². The Morgan fingerprint density at radius 3 is 2.50 bits per heavy atom. The van der Waals surface area contributed by atoms with Gasteiger partial charge in [-0.3, -0.25) is 0 Å². The predicted octanol–water partition coefficient (Wildman–Crippen LogP) is 1.99. The first-order valence-electron chi connectivity index (χ1n) is 7.44. The summed E-state index contributed by atoms with van der Waals surface area (Å²) in [6.45, 7) is 6.92. The lowest BCUT2D eigenvalue weighted by Gasteiger charge is -2.31. The van der Waals surface area contributed by atoms with Crippen LogP contribution in [0.5, 0.6) is 5.75 Å². The molecule has 6 nitrogen and oxygen atoms in total. The van der Waals surface area contributed by atoms with Gasteiger partial charge < -0.3 is 14.5 Å². The molecule has 0 saturated carbocycles. The molecule has 3 rings (SSSR count). The molecule has 2 heterocycles. The van der Waals surface area contributed by atoms with Crippen LogP contribution < -0.4 is 4.74 Å². The van der Waals surface area contributed by atoms with Crippen molar-refractivity contribution in [2.45, 2.75) is 13.8 Å². The molecule has 0 spiro atoms. The minimum atomic E-state index is -0.319. The number of carbonyl (C=O) groups excluding carboxylic acids is 1. The number of hydrogen-bond acceptors (Lipinski definition) is 5. The van der Waals surface area contributed by atoms with Gasteiger partial charge in [-0.2, -0.15) is 0 Å². The minimum Gasteiger partial charge on any atom is -0.408 e. The van der Waals surface area contributed by atoms with E-state index in [1.165, 1.54) is 0 Å². The van der Waals surface area contributed by atoms with Crippen molar-refractivity contribution in [2.75, 3.05) is 33.2 Å². The molecular formula is C16H20N4O2. The number of nitrogens with zero attached hydrogens (tertiary/aromatic N) is 4. The molecule has 1 saturated heterocycles. The molecule has 2 aromatic rings. The van der Waals surface area contributed by atoms with E-state index in [1.807, 2.05) is 33.0 Å². The van der Waals surface area contributed by atoms with Crippen molar-refractivity contribution in [3.8, 4) is 5.75 Å². The fourth-order valence-electron chi connectivity index (χ4n) is 2.45. The number of ether oxygens (including phenoxy) is 1. The van der Waals surface area contributed by atoms with E-state index in [2.05, 4.69) is 14.9 Å². The number of amides is 1. The lowest BCUT2D eigenvalue weighted by Crippen LogP contribution is -2.48. The number of aromatic nitrogens is 2. The molecule has 116 valence electrons. The lowest BCUT2D eigenvalue weighted by atomic mass is 10.2. The first kappa shape index (κ1) is 14.7. The normalized spacial score (nSPS) is 16.0. The molecule has 22 heavy (non-hydrogen) atoms. The van der Waals surface area contributed by atoms with Crippen molar-refractivity contribution in [3.05, 3.63) is 29.6 Å². The Morgan fingerprint density at radius 2 is 1.77 bits per heavy atom. The molecule has 0 atom stereocenters. The number of para-hydroxylation sites is 1. The highest BCUT2D eigenvalue weighted by Gasteiger charge is 2.21. The SMILES string of the molecule is Cc1nc2cccc(OC(=O)N3CCN(C)CC3)c2nc1C. The van der Waals surface area contributed by atoms with E-state index in [4.69, 9.17) is 4.74 Å². The van der Waals surface area contributed by atoms with Crippen LogP contribution in [-0.2, 0) is 0 Å². The summed E-state index contributed by atoms with van der Waals surface area (Å²) in [6.07, 6.45) is -0.319. The molecule has 0 aliphatic carbocycles. The van der Waals surface area contributed by atoms with Gasteiger partial charge in [-0.05, 0) is 33.0 Å². The van der Waals surface area contributed by atoms with E-state index in [0.717, 1.165) is 30.0 Å². The van der Waals surface area contributed by atoms with Crippen molar-refractivity contribution in [3.63, 3.8) is 0 Å². The van der Waals surface area contributed by atoms with Crippen molar-refractivity contribution in [1.29, 1.82) is 0 Å². The van der Waals surface area contributed by atoms with E-state index >= 15 is 0 Å². The van der Waals surface area contributed by atoms with Crippen LogP contribution in [0.2, 0.25) is 0 Å². The van der Waals surface area contributed by atoms with E-state index in [-0.39, 0.29) is 6.09 Å². The molecule has 1 aliphatic rings. The highest BCUT2D eigenvalue weighted by Crippen LogP contribution is 2.24. The van der Waals surface area contributed by atoms with Gasteiger partial charge in [-0.15, -0.1) is 0 Å². The van der Waals surface area contributed by atoms with Crippen LogP contribution in [0, 0.1) is 13.8 Å². The summed E-state index contributed by atoms with van der Waals surface area (Å²) < 4.78 is 5.56. The molecule has 0 unspecified atom stereocenters. The quantitative estimate of drug-likeness (QED) is 0.806. The van der Waals surface area contributed by atoms with Crippen LogP contribution in [0.4, 0.5) is 4.79 Å². The van der Waals surface area contributed by atoms with Gasteiger partial charge in [0, 0.05) is 26.2 Å². The second-order valence-electron chi connectivity index (χ2n) is 5.68. The fourth-order valence-corrected chi connectivity index (χ4v) is 2.45. The average molecular weight is 300 g/mol. The predicted molar refractivity (Wildman–Crippen MR) is 84.1 cm³/mol. The number of piperazine rings is 1. The van der Waals surface area contributed by atoms with Gasteiger partial charge >= 0.3 is 6.09 Å². The first-order chi connectivity index (χ1) is 10.5. The van der Waals surface area contributed by atoms with Crippen LogP contribution >= 0.6 is 0 Å². The third-order valence-corrected chi connectivity index (χ3v) is 4.03. The van der Waals surface area contributed by atoms with E-state index in [0.29, 0.717) is 24.4 Å². The van der Waals surface area contributed by atoms with Gasteiger partial charge in [0.05, 0.1) is 16.9 Å². The average Bonchev–Trinajstić information content (AvgIpc) is 2.50. The van der Waals surface area contributed by atoms with Gasteiger partial charge in [0.15, 0.2) is 5.75 Å². The Morgan fingerprint density at radius 1 is 1.09 bits per heavy atom. The van der Waals surface area contributed by atoms with Gasteiger partial charge in [-0.25, -0.2) is 14.8 Å². The van der Waals surface area contributed by atoms with Crippen LogP contribution in [0.25, 0.3) is 11.0 Å². The second kappa shape index (κ2) is 5.88. The molecule has 6 heteroatoms. The number of hydrogen-bond donors (Lipinski definition) is 0. The molecule has 1 aliphatic heterocycles. The lowest BCUT2D eigenvalue weighted by molar-refractivity contribution is 0.121. The van der Waals surface area contributed by atoms with E-state index in [1.54, 1.807) is 11.0 Å². The highest BCUT2D eigenvalue weighted by atomic mass is 16.6. The van der Waals surface area contributed by atoms with Crippen molar-refractivity contribution in [1.82, 2.24) is 19.8 Å². The number of benzene rings is 1. The van der Waals surface area contributed by atoms with Crippen molar-refractivity contribution in [2.24, 2.45) is 0 Å². The standard InChI is InChI=1S/C16H20N4O2/c1-11-12(2)18-15-13(17-11)5-4-6-14(15)22-16(21)20-9-7-19(3)8-10-20/h4-6H,7-10H2,1-3H3. The summed E-state index contributed by atoms with van der Waals surface area (Å²) in [6, 6.07) is 5.47. The van der Waals surface area contributed by atoms with Crippen LogP contribution in [0.1, 0.15) is 11.4 Å².